The van der Waals surface area contributed by atoms with Gasteiger partial charge < -0.3 is 4.90 Å². The number of benzene rings is 2. The highest BCUT2D eigenvalue weighted by atomic mass is 32.2. The molecule has 0 atom stereocenters. The van der Waals surface area contributed by atoms with E-state index in [0.29, 0.717) is 37.4 Å². The zero-order valence-electron chi connectivity index (χ0n) is 18.6. The highest BCUT2D eigenvalue weighted by molar-refractivity contribution is 7.89. The lowest BCUT2D eigenvalue weighted by molar-refractivity contribution is -0.135. The SMILES string of the molecule is Cc1cc(C)c(C)c(S(=O)(=O)N2CCC(C(=O)N(C)Cc3ccccc3)CC2)c1C. The number of sulfonamides is 1. The van der Waals surface area contributed by atoms with Gasteiger partial charge in [0.1, 0.15) is 0 Å². The predicted octanol–water partition coefficient (Wildman–Crippen LogP) is 3.98. The van der Waals surface area contributed by atoms with Gasteiger partial charge in [-0.2, -0.15) is 4.31 Å². The van der Waals surface area contributed by atoms with Gasteiger partial charge >= 0.3 is 0 Å². The largest absolute Gasteiger partial charge is 0.341 e. The Balaban J connectivity index is 1.70. The monoisotopic (exact) mass is 428 g/mol. The van der Waals surface area contributed by atoms with Gasteiger partial charge in [-0.05, 0) is 68.4 Å². The lowest BCUT2D eigenvalue weighted by atomic mass is 9.96. The Labute approximate surface area is 180 Å². The average Bonchev–Trinajstić information content (AvgIpc) is 2.72. The van der Waals surface area contributed by atoms with Crippen molar-refractivity contribution >= 4 is 15.9 Å². The number of nitrogens with zero attached hydrogens (tertiary/aromatic N) is 2. The third-order valence-electron chi connectivity index (χ3n) is 6.34. The lowest BCUT2D eigenvalue weighted by Crippen LogP contribution is -2.43. The standard InChI is InChI=1S/C24H32N2O3S/c1-17-15-18(2)20(4)23(19(17)3)30(28,29)26-13-11-22(12-14-26)24(27)25(5)16-21-9-7-6-8-10-21/h6-10,15,22H,11-14,16H2,1-5H3. The summed E-state index contributed by atoms with van der Waals surface area (Å²) in [6, 6.07) is 11.9. The van der Waals surface area contributed by atoms with E-state index in [4.69, 9.17) is 0 Å². The number of rotatable bonds is 5. The van der Waals surface area contributed by atoms with E-state index >= 15 is 0 Å². The Bertz CT molecular complexity index is 998. The van der Waals surface area contributed by atoms with Crippen LogP contribution in [0, 0.1) is 33.6 Å². The van der Waals surface area contributed by atoms with Crippen molar-refractivity contribution in [3.05, 3.63) is 64.2 Å². The summed E-state index contributed by atoms with van der Waals surface area (Å²) < 4.78 is 28.4. The third kappa shape index (κ3) is 4.44. The van der Waals surface area contributed by atoms with Crippen molar-refractivity contribution in [3.63, 3.8) is 0 Å². The molecule has 5 nitrogen and oxygen atoms in total. The number of aryl methyl sites for hydroxylation is 2. The molecule has 1 heterocycles. The Morgan fingerprint density at radius 1 is 1.00 bits per heavy atom. The van der Waals surface area contributed by atoms with Gasteiger partial charge in [-0.1, -0.05) is 36.4 Å². The highest BCUT2D eigenvalue weighted by Crippen LogP contribution is 2.31. The summed E-state index contributed by atoms with van der Waals surface area (Å²) in [5.41, 5.74) is 4.71. The molecule has 1 aliphatic rings. The molecule has 0 aliphatic carbocycles. The summed E-state index contributed by atoms with van der Waals surface area (Å²) in [6.45, 7) is 8.99. The molecular formula is C24H32N2O3S. The van der Waals surface area contributed by atoms with Crippen molar-refractivity contribution in [1.82, 2.24) is 9.21 Å². The normalized spacial score (nSPS) is 15.9. The molecule has 2 aromatic carbocycles. The molecule has 1 amide bonds. The summed E-state index contributed by atoms with van der Waals surface area (Å²) in [6.07, 6.45) is 1.11. The first kappa shape index (κ1) is 22.5. The van der Waals surface area contributed by atoms with Crippen molar-refractivity contribution < 1.29 is 13.2 Å². The maximum absolute atomic E-state index is 13.4. The zero-order chi connectivity index (χ0) is 22.1. The highest BCUT2D eigenvalue weighted by Gasteiger charge is 2.35. The van der Waals surface area contributed by atoms with E-state index in [1.165, 1.54) is 0 Å². The molecule has 0 bridgehead atoms. The summed E-state index contributed by atoms with van der Waals surface area (Å²) in [5, 5.41) is 0. The van der Waals surface area contributed by atoms with Crippen LogP contribution in [0.2, 0.25) is 0 Å². The van der Waals surface area contributed by atoms with Crippen LogP contribution in [0.25, 0.3) is 0 Å². The summed E-state index contributed by atoms with van der Waals surface area (Å²) >= 11 is 0. The van der Waals surface area contributed by atoms with Crippen molar-refractivity contribution in [2.24, 2.45) is 5.92 Å². The molecule has 30 heavy (non-hydrogen) atoms. The third-order valence-corrected chi connectivity index (χ3v) is 8.51. The fourth-order valence-corrected chi connectivity index (χ4v) is 6.33. The quantitative estimate of drug-likeness (QED) is 0.724. The van der Waals surface area contributed by atoms with Crippen LogP contribution in [-0.4, -0.2) is 43.7 Å². The zero-order valence-corrected chi connectivity index (χ0v) is 19.4. The van der Waals surface area contributed by atoms with Crippen LogP contribution >= 0.6 is 0 Å². The van der Waals surface area contributed by atoms with Crippen molar-refractivity contribution in [1.29, 1.82) is 0 Å². The van der Waals surface area contributed by atoms with Gasteiger partial charge in [-0.25, -0.2) is 8.42 Å². The fraction of sp³-hybridized carbons (Fsp3) is 0.458. The van der Waals surface area contributed by atoms with Crippen LogP contribution in [0.1, 0.15) is 40.7 Å². The van der Waals surface area contributed by atoms with Crippen LogP contribution < -0.4 is 0 Å². The first-order valence-electron chi connectivity index (χ1n) is 10.5. The number of carbonyl (C=O) groups excluding carboxylic acids is 1. The van der Waals surface area contributed by atoms with E-state index in [-0.39, 0.29) is 11.8 Å². The topological polar surface area (TPSA) is 57.7 Å². The molecule has 0 saturated carbocycles. The maximum atomic E-state index is 13.4. The smallest absolute Gasteiger partial charge is 0.243 e. The van der Waals surface area contributed by atoms with E-state index in [9.17, 15) is 13.2 Å². The van der Waals surface area contributed by atoms with E-state index in [1.54, 1.807) is 9.21 Å². The first-order chi connectivity index (χ1) is 14.1. The minimum absolute atomic E-state index is 0.0923. The van der Waals surface area contributed by atoms with Gasteiger partial charge in [-0.15, -0.1) is 0 Å². The molecule has 6 heteroatoms. The van der Waals surface area contributed by atoms with Crippen LogP contribution in [0.5, 0.6) is 0 Å². The minimum atomic E-state index is -3.58. The van der Waals surface area contributed by atoms with Crippen LogP contribution in [-0.2, 0) is 21.4 Å². The summed E-state index contributed by atoms with van der Waals surface area (Å²) in [4.78, 5) is 15.1. The van der Waals surface area contributed by atoms with E-state index in [0.717, 1.165) is 27.8 Å². The minimum Gasteiger partial charge on any atom is -0.341 e. The van der Waals surface area contributed by atoms with Crippen molar-refractivity contribution in [2.45, 2.75) is 52.0 Å². The van der Waals surface area contributed by atoms with Crippen LogP contribution in [0.4, 0.5) is 0 Å². The molecule has 1 fully saturated rings. The van der Waals surface area contributed by atoms with Gasteiger partial charge in [0, 0.05) is 32.6 Å². The van der Waals surface area contributed by atoms with E-state index in [2.05, 4.69) is 0 Å². The molecule has 1 aliphatic heterocycles. The molecule has 2 aromatic rings. The van der Waals surface area contributed by atoms with E-state index in [1.807, 2.05) is 71.1 Å². The van der Waals surface area contributed by atoms with Gasteiger partial charge in [0.25, 0.3) is 0 Å². The van der Waals surface area contributed by atoms with Gasteiger partial charge in [0.15, 0.2) is 0 Å². The number of piperidine rings is 1. The number of hydrogen-bond donors (Lipinski definition) is 0. The molecule has 0 unspecified atom stereocenters. The maximum Gasteiger partial charge on any atom is 0.243 e. The first-order valence-corrected chi connectivity index (χ1v) is 11.9. The molecular weight excluding hydrogens is 396 g/mol. The molecule has 1 saturated heterocycles. The van der Waals surface area contributed by atoms with Gasteiger partial charge in [0.05, 0.1) is 4.90 Å². The number of hydrogen-bond acceptors (Lipinski definition) is 3. The molecule has 0 aromatic heterocycles. The second kappa shape index (κ2) is 8.90. The van der Waals surface area contributed by atoms with Crippen molar-refractivity contribution in [2.75, 3.05) is 20.1 Å². The summed E-state index contributed by atoms with van der Waals surface area (Å²) in [5.74, 6) is -0.0405. The Hall–Kier alpha value is -2.18. The molecule has 3 rings (SSSR count). The molecule has 162 valence electrons. The Kier molecular flexibility index (Phi) is 6.68. The van der Waals surface area contributed by atoms with Crippen molar-refractivity contribution in [3.8, 4) is 0 Å². The Morgan fingerprint density at radius 2 is 1.53 bits per heavy atom. The average molecular weight is 429 g/mol. The number of amides is 1. The van der Waals surface area contributed by atoms with Gasteiger partial charge in [-0.3, -0.25) is 4.79 Å². The number of carbonyl (C=O) groups is 1. The lowest BCUT2D eigenvalue weighted by Gasteiger charge is -2.33. The molecule has 0 radical (unpaired) electrons. The van der Waals surface area contributed by atoms with Crippen LogP contribution in [0.3, 0.4) is 0 Å². The predicted molar refractivity (Wildman–Crippen MR) is 120 cm³/mol. The summed E-state index contributed by atoms with van der Waals surface area (Å²) in [7, 11) is -1.76. The second-order valence-electron chi connectivity index (χ2n) is 8.45. The van der Waals surface area contributed by atoms with Gasteiger partial charge in [0.2, 0.25) is 15.9 Å². The second-order valence-corrected chi connectivity index (χ2v) is 10.3. The van der Waals surface area contributed by atoms with E-state index < -0.39 is 10.0 Å². The Morgan fingerprint density at radius 3 is 2.07 bits per heavy atom. The molecule has 0 spiro atoms. The van der Waals surface area contributed by atoms with Crippen LogP contribution in [0.15, 0.2) is 41.3 Å². The fourth-order valence-electron chi connectivity index (χ4n) is 4.29. The molecule has 0 N–H and O–H groups in total.